The number of aromatic nitrogens is 2. The molecule has 0 aliphatic rings. The van der Waals surface area contributed by atoms with Crippen molar-refractivity contribution in [1.82, 2.24) is 9.55 Å². The van der Waals surface area contributed by atoms with Crippen molar-refractivity contribution in [3.05, 3.63) is 47.8 Å². The van der Waals surface area contributed by atoms with Crippen molar-refractivity contribution in [1.29, 1.82) is 0 Å². The van der Waals surface area contributed by atoms with Gasteiger partial charge in [0.25, 0.3) is 0 Å². The van der Waals surface area contributed by atoms with E-state index in [0.717, 1.165) is 17.7 Å². The lowest BCUT2D eigenvalue weighted by molar-refractivity contribution is -0.137. The van der Waals surface area contributed by atoms with E-state index in [1.807, 2.05) is 18.4 Å². The summed E-state index contributed by atoms with van der Waals surface area (Å²) < 4.78 is 39.3. The Morgan fingerprint density at radius 3 is 2.40 bits per heavy atom. The van der Waals surface area contributed by atoms with Gasteiger partial charge < -0.3 is 9.88 Å². The van der Waals surface area contributed by atoms with Gasteiger partial charge in [-0.05, 0) is 31.5 Å². The summed E-state index contributed by atoms with van der Waals surface area (Å²) in [6, 6.07) is 5.41. The normalized spacial score (nSPS) is 11.9. The summed E-state index contributed by atoms with van der Waals surface area (Å²) in [5, 5.41) is 3.18. The summed E-state index contributed by atoms with van der Waals surface area (Å²) in [5.41, 5.74) is 0.162. The van der Waals surface area contributed by atoms with E-state index in [-0.39, 0.29) is 6.04 Å². The quantitative estimate of drug-likeness (QED) is 0.925. The first kappa shape index (κ1) is 14.4. The fraction of sp³-hybridized carbons (Fsp3) is 0.357. The van der Waals surface area contributed by atoms with Crippen molar-refractivity contribution in [2.45, 2.75) is 32.6 Å². The Kier molecular flexibility index (Phi) is 4.01. The molecule has 0 fully saturated rings. The van der Waals surface area contributed by atoms with Crippen molar-refractivity contribution >= 4 is 5.95 Å². The molecule has 1 aromatic heterocycles. The number of halogens is 3. The van der Waals surface area contributed by atoms with Gasteiger partial charge in [-0.1, -0.05) is 12.1 Å². The Bertz CT molecular complexity index is 556. The van der Waals surface area contributed by atoms with Gasteiger partial charge in [0.05, 0.1) is 12.1 Å². The van der Waals surface area contributed by atoms with Crippen LogP contribution in [0.25, 0.3) is 0 Å². The van der Waals surface area contributed by atoms with Crippen LogP contribution in [0.15, 0.2) is 36.7 Å². The van der Waals surface area contributed by atoms with Crippen molar-refractivity contribution in [3.8, 4) is 0 Å². The summed E-state index contributed by atoms with van der Waals surface area (Å²) in [5.74, 6) is 0.708. The SMILES string of the molecule is CC(C)Nc1nccn1Cc1ccc(C(F)(F)F)cc1. The summed E-state index contributed by atoms with van der Waals surface area (Å²) in [7, 11) is 0. The minimum atomic E-state index is -4.29. The highest BCUT2D eigenvalue weighted by molar-refractivity contribution is 5.30. The molecule has 0 amide bonds. The summed E-state index contributed by atoms with van der Waals surface area (Å²) >= 11 is 0. The Labute approximate surface area is 115 Å². The first-order valence-corrected chi connectivity index (χ1v) is 6.30. The smallest absolute Gasteiger partial charge is 0.353 e. The maximum Gasteiger partial charge on any atom is 0.416 e. The second-order valence-corrected chi connectivity index (χ2v) is 4.87. The lowest BCUT2D eigenvalue weighted by atomic mass is 10.1. The molecule has 0 aliphatic carbocycles. The second kappa shape index (κ2) is 5.56. The van der Waals surface area contributed by atoms with Crippen molar-refractivity contribution < 1.29 is 13.2 Å². The highest BCUT2D eigenvalue weighted by atomic mass is 19.4. The molecule has 2 rings (SSSR count). The highest BCUT2D eigenvalue weighted by Crippen LogP contribution is 2.29. The predicted molar refractivity (Wildman–Crippen MR) is 71.5 cm³/mol. The van der Waals surface area contributed by atoms with Crippen molar-refractivity contribution in [3.63, 3.8) is 0 Å². The first-order chi connectivity index (χ1) is 9.36. The predicted octanol–water partition coefficient (Wildman–Crippen LogP) is 3.77. The van der Waals surface area contributed by atoms with Gasteiger partial charge in [-0.15, -0.1) is 0 Å². The van der Waals surface area contributed by atoms with Crippen LogP contribution < -0.4 is 5.32 Å². The zero-order valence-electron chi connectivity index (χ0n) is 11.3. The molecular weight excluding hydrogens is 267 g/mol. The van der Waals surface area contributed by atoms with Crippen LogP contribution in [0.4, 0.5) is 19.1 Å². The zero-order chi connectivity index (χ0) is 14.8. The maximum atomic E-state index is 12.5. The summed E-state index contributed by atoms with van der Waals surface area (Å²) in [4.78, 5) is 4.18. The topological polar surface area (TPSA) is 29.9 Å². The fourth-order valence-electron chi connectivity index (χ4n) is 1.83. The summed E-state index contributed by atoms with van der Waals surface area (Å²) in [6.45, 7) is 4.47. The molecular formula is C14H16F3N3. The van der Waals surface area contributed by atoms with Gasteiger partial charge in [0.15, 0.2) is 0 Å². The second-order valence-electron chi connectivity index (χ2n) is 4.87. The molecule has 0 saturated heterocycles. The van der Waals surface area contributed by atoms with Gasteiger partial charge in [-0.3, -0.25) is 0 Å². The van der Waals surface area contributed by atoms with Crippen LogP contribution in [-0.4, -0.2) is 15.6 Å². The zero-order valence-corrected chi connectivity index (χ0v) is 11.3. The third-order valence-electron chi connectivity index (χ3n) is 2.77. The molecule has 0 aliphatic heterocycles. The number of rotatable bonds is 4. The molecule has 20 heavy (non-hydrogen) atoms. The third-order valence-corrected chi connectivity index (χ3v) is 2.77. The molecule has 1 heterocycles. The molecule has 0 bridgehead atoms. The van der Waals surface area contributed by atoms with E-state index >= 15 is 0 Å². The Morgan fingerprint density at radius 2 is 1.85 bits per heavy atom. The summed E-state index contributed by atoms with van der Waals surface area (Å²) in [6.07, 6.45) is -0.838. The van der Waals surface area contributed by atoms with Gasteiger partial charge in [0.1, 0.15) is 0 Å². The van der Waals surface area contributed by atoms with Crippen LogP contribution >= 0.6 is 0 Å². The van der Waals surface area contributed by atoms with Gasteiger partial charge >= 0.3 is 6.18 Å². The number of hydrogen-bond donors (Lipinski definition) is 1. The number of alkyl halides is 3. The fourth-order valence-corrected chi connectivity index (χ4v) is 1.83. The number of nitrogens with one attached hydrogen (secondary N) is 1. The van der Waals surface area contributed by atoms with Gasteiger partial charge in [-0.25, -0.2) is 4.98 Å². The molecule has 2 aromatic rings. The van der Waals surface area contributed by atoms with Gasteiger partial charge in [0, 0.05) is 18.4 Å². The van der Waals surface area contributed by atoms with E-state index in [1.54, 1.807) is 12.4 Å². The van der Waals surface area contributed by atoms with Crippen LogP contribution in [0.3, 0.4) is 0 Å². The largest absolute Gasteiger partial charge is 0.416 e. The Balaban J connectivity index is 2.13. The van der Waals surface area contributed by atoms with Gasteiger partial charge in [0.2, 0.25) is 5.95 Å². The molecule has 3 nitrogen and oxygen atoms in total. The van der Waals surface area contributed by atoms with Crippen molar-refractivity contribution in [2.24, 2.45) is 0 Å². The van der Waals surface area contributed by atoms with Crippen LogP contribution in [-0.2, 0) is 12.7 Å². The average molecular weight is 283 g/mol. The minimum absolute atomic E-state index is 0.240. The van der Waals surface area contributed by atoms with Gasteiger partial charge in [-0.2, -0.15) is 13.2 Å². The van der Waals surface area contributed by atoms with E-state index < -0.39 is 11.7 Å². The average Bonchev–Trinajstić information content (AvgIpc) is 2.75. The van der Waals surface area contributed by atoms with E-state index in [2.05, 4.69) is 10.3 Å². The van der Waals surface area contributed by atoms with Crippen LogP contribution in [0, 0.1) is 0 Å². The van der Waals surface area contributed by atoms with Crippen LogP contribution in [0.5, 0.6) is 0 Å². The van der Waals surface area contributed by atoms with Crippen molar-refractivity contribution in [2.75, 3.05) is 5.32 Å². The van der Waals surface area contributed by atoms with E-state index in [1.165, 1.54) is 12.1 Å². The highest BCUT2D eigenvalue weighted by Gasteiger charge is 2.29. The molecule has 0 unspecified atom stereocenters. The van der Waals surface area contributed by atoms with E-state index in [4.69, 9.17) is 0 Å². The van der Waals surface area contributed by atoms with Crippen LogP contribution in [0.1, 0.15) is 25.0 Å². The van der Waals surface area contributed by atoms with E-state index in [9.17, 15) is 13.2 Å². The molecule has 0 saturated carbocycles. The molecule has 0 spiro atoms. The molecule has 1 aromatic carbocycles. The molecule has 0 atom stereocenters. The maximum absolute atomic E-state index is 12.5. The van der Waals surface area contributed by atoms with E-state index in [0.29, 0.717) is 12.5 Å². The number of anilines is 1. The number of nitrogens with zero attached hydrogens (tertiary/aromatic N) is 2. The lowest BCUT2D eigenvalue weighted by Gasteiger charge is -2.13. The lowest BCUT2D eigenvalue weighted by Crippen LogP contribution is -2.15. The Morgan fingerprint density at radius 1 is 1.20 bits per heavy atom. The molecule has 0 radical (unpaired) electrons. The molecule has 6 heteroatoms. The third kappa shape index (κ3) is 3.53. The first-order valence-electron chi connectivity index (χ1n) is 6.30. The monoisotopic (exact) mass is 283 g/mol. The number of imidazole rings is 1. The Hall–Kier alpha value is -1.98. The van der Waals surface area contributed by atoms with Crippen LogP contribution in [0.2, 0.25) is 0 Å². The number of hydrogen-bond acceptors (Lipinski definition) is 2. The minimum Gasteiger partial charge on any atom is -0.353 e. The number of benzene rings is 1. The molecule has 1 N–H and O–H groups in total. The standard InChI is InChI=1S/C14H16F3N3/c1-10(2)19-13-18-7-8-20(13)9-11-3-5-12(6-4-11)14(15,16)17/h3-8,10H,9H2,1-2H3,(H,18,19). The molecule has 108 valence electrons.